The summed E-state index contributed by atoms with van der Waals surface area (Å²) in [6, 6.07) is 5.29. The molecule has 1 atom stereocenters. The van der Waals surface area contributed by atoms with Gasteiger partial charge in [-0.3, -0.25) is 4.79 Å². The van der Waals surface area contributed by atoms with Crippen LogP contribution in [0.25, 0.3) is 0 Å². The van der Waals surface area contributed by atoms with Crippen LogP contribution in [0.2, 0.25) is 0 Å². The van der Waals surface area contributed by atoms with Gasteiger partial charge in [0.25, 0.3) is 5.91 Å². The van der Waals surface area contributed by atoms with Gasteiger partial charge < -0.3 is 16.0 Å². The average Bonchev–Trinajstić information content (AvgIpc) is 2.20. The Labute approximate surface area is 110 Å². The lowest BCUT2D eigenvalue weighted by atomic mass is 10.2. The third kappa shape index (κ3) is 4.36. The van der Waals surface area contributed by atoms with Crippen molar-refractivity contribution in [2.24, 2.45) is 0 Å². The number of benzene rings is 1. The molecule has 1 amide bonds. The van der Waals surface area contributed by atoms with Gasteiger partial charge in [0.15, 0.2) is 0 Å². The van der Waals surface area contributed by atoms with Crippen molar-refractivity contribution in [3.05, 3.63) is 28.2 Å². The van der Waals surface area contributed by atoms with Crippen LogP contribution in [0, 0.1) is 0 Å². The highest BCUT2D eigenvalue weighted by Crippen LogP contribution is 2.20. The topological polar surface area (TPSA) is 58.4 Å². The molecule has 3 N–H and O–H groups in total. The molecule has 0 radical (unpaired) electrons. The molecule has 0 aliphatic rings. The van der Waals surface area contributed by atoms with Crippen LogP contribution in [0.4, 0.5) is 5.69 Å². The minimum Gasteiger partial charge on any atom is -0.398 e. The van der Waals surface area contributed by atoms with E-state index < -0.39 is 0 Å². The van der Waals surface area contributed by atoms with Crippen molar-refractivity contribution in [2.45, 2.75) is 13.0 Å². The van der Waals surface area contributed by atoms with E-state index in [9.17, 15) is 4.79 Å². The lowest BCUT2D eigenvalue weighted by molar-refractivity contribution is 0.0934. The number of nitrogen functional groups attached to an aromatic ring is 1. The highest BCUT2D eigenvalue weighted by molar-refractivity contribution is 9.10. The lowest BCUT2D eigenvalue weighted by Gasteiger charge is -2.18. The summed E-state index contributed by atoms with van der Waals surface area (Å²) in [6.45, 7) is 2.78. The Morgan fingerprint density at radius 1 is 1.53 bits per heavy atom. The molecule has 5 heteroatoms. The van der Waals surface area contributed by atoms with E-state index in [2.05, 4.69) is 21.2 Å². The largest absolute Gasteiger partial charge is 0.398 e. The van der Waals surface area contributed by atoms with Crippen molar-refractivity contribution >= 4 is 27.5 Å². The van der Waals surface area contributed by atoms with Crippen LogP contribution in [0.15, 0.2) is 22.7 Å². The smallest absolute Gasteiger partial charge is 0.251 e. The zero-order valence-electron chi connectivity index (χ0n) is 10.3. The predicted octanol–water partition coefficient (Wildman–Crippen LogP) is 1.71. The van der Waals surface area contributed by atoms with Crippen LogP contribution < -0.4 is 11.1 Å². The maximum Gasteiger partial charge on any atom is 0.251 e. The zero-order valence-corrected chi connectivity index (χ0v) is 11.9. The van der Waals surface area contributed by atoms with E-state index in [4.69, 9.17) is 5.73 Å². The molecule has 0 aromatic heterocycles. The standard InChI is InChI=1S/C12H18BrN3O/c1-8(7-16(2)3)15-12(17)9-4-5-10(13)11(14)6-9/h4-6,8H,7,14H2,1-3H3,(H,15,17). The van der Waals surface area contributed by atoms with E-state index in [1.165, 1.54) is 0 Å². The van der Waals surface area contributed by atoms with Crippen molar-refractivity contribution in [2.75, 3.05) is 26.4 Å². The molecule has 0 saturated carbocycles. The number of likely N-dealkylation sites (N-methyl/N-ethyl adjacent to an activating group) is 1. The molecule has 0 bridgehead atoms. The molecule has 1 aromatic carbocycles. The van der Waals surface area contributed by atoms with E-state index >= 15 is 0 Å². The first-order chi connectivity index (χ1) is 7.90. The fourth-order valence-corrected chi connectivity index (χ4v) is 1.83. The first-order valence-corrected chi connectivity index (χ1v) is 6.20. The first-order valence-electron chi connectivity index (χ1n) is 5.40. The second kappa shape index (κ2) is 6.02. The third-order valence-corrected chi connectivity index (χ3v) is 3.00. The molecule has 0 aliphatic carbocycles. The zero-order chi connectivity index (χ0) is 13.0. The molecule has 0 heterocycles. The van der Waals surface area contributed by atoms with E-state index in [1.54, 1.807) is 18.2 Å². The molecule has 4 nitrogen and oxygen atoms in total. The van der Waals surface area contributed by atoms with Gasteiger partial charge in [-0.15, -0.1) is 0 Å². The van der Waals surface area contributed by atoms with E-state index in [0.717, 1.165) is 11.0 Å². The molecular weight excluding hydrogens is 282 g/mol. The molecule has 0 spiro atoms. The van der Waals surface area contributed by atoms with Crippen molar-refractivity contribution in [3.63, 3.8) is 0 Å². The van der Waals surface area contributed by atoms with Crippen LogP contribution in [0.3, 0.4) is 0 Å². The van der Waals surface area contributed by atoms with Gasteiger partial charge in [0.2, 0.25) is 0 Å². The number of halogens is 1. The number of hydrogen-bond acceptors (Lipinski definition) is 3. The van der Waals surface area contributed by atoms with Gasteiger partial charge in [0.05, 0.1) is 0 Å². The number of rotatable bonds is 4. The fourth-order valence-electron chi connectivity index (χ4n) is 1.59. The number of carbonyl (C=O) groups excluding carboxylic acids is 1. The third-order valence-electron chi connectivity index (χ3n) is 2.27. The SMILES string of the molecule is CC(CN(C)C)NC(=O)c1ccc(Br)c(N)c1. The van der Waals surface area contributed by atoms with Gasteiger partial charge in [0.1, 0.15) is 0 Å². The summed E-state index contributed by atoms with van der Waals surface area (Å²) < 4.78 is 0.801. The number of nitrogens with one attached hydrogen (secondary N) is 1. The van der Waals surface area contributed by atoms with Crippen LogP contribution in [0.5, 0.6) is 0 Å². The molecule has 1 rings (SSSR count). The van der Waals surface area contributed by atoms with Gasteiger partial charge in [-0.1, -0.05) is 0 Å². The Morgan fingerprint density at radius 2 is 2.18 bits per heavy atom. The maximum absolute atomic E-state index is 11.9. The molecule has 1 unspecified atom stereocenters. The Bertz CT molecular complexity index is 407. The minimum absolute atomic E-state index is 0.0986. The first kappa shape index (κ1) is 14.0. The van der Waals surface area contributed by atoms with Gasteiger partial charge in [-0.2, -0.15) is 0 Å². The van der Waals surface area contributed by atoms with Crippen LogP contribution >= 0.6 is 15.9 Å². The van der Waals surface area contributed by atoms with Gasteiger partial charge in [-0.05, 0) is 55.1 Å². The molecule has 0 saturated heterocycles. The van der Waals surface area contributed by atoms with Crippen LogP contribution in [-0.2, 0) is 0 Å². The minimum atomic E-state index is -0.0986. The number of anilines is 1. The van der Waals surface area contributed by atoms with E-state index in [0.29, 0.717) is 11.3 Å². The summed E-state index contributed by atoms with van der Waals surface area (Å²) in [5, 5.41) is 2.92. The summed E-state index contributed by atoms with van der Waals surface area (Å²) in [7, 11) is 3.94. The monoisotopic (exact) mass is 299 g/mol. The number of amides is 1. The second-order valence-electron chi connectivity index (χ2n) is 4.37. The van der Waals surface area contributed by atoms with E-state index in [1.807, 2.05) is 25.9 Å². The normalized spacial score (nSPS) is 12.5. The molecule has 94 valence electrons. The van der Waals surface area contributed by atoms with E-state index in [-0.39, 0.29) is 11.9 Å². The predicted molar refractivity (Wildman–Crippen MR) is 74.0 cm³/mol. The highest BCUT2D eigenvalue weighted by atomic mass is 79.9. The quantitative estimate of drug-likeness (QED) is 0.832. The molecular formula is C12H18BrN3O. The number of carbonyl (C=O) groups is 1. The number of hydrogen-bond donors (Lipinski definition) is 2. The summed E-state index contributed by atoms with van der Waals surface area (Å²) in [6.07, 6.45) is 0. The summed E-state index contributed by atoms with van der Waals surface area (Å²) in [5.74, 6) is -0.0986. The fraction of sp³-hybridized carbons (Fsp3) is 0.417. The Hall–Kier alpha value is -1.07. The molecule has 1 aromatic rings. The average molecular weight is 300 g/mol. The number of nitrogens with zero attached hydrogens (tertiary/aromatic N) is 1. The van der Waals surface area contributed by atoms with Gasteiger partial charge in [0, 0.05) is 28.3 Å². The highest BCUT2D eigenvalue weighted by Gasteiger charge is 2.11. The molecule has 0 fully saturated rings. The van der Waals surface area contributed by atoms with Gasteiger partial charge in [-0.25, -0.2) is 0 Å². The van der Waals surface area contributed by atoms with Crippen molar-refractivity contribution in [1.82, 2.24) is 10.2 Å². The summed E-state index contributed by atoms with van der Waals surface area (Å²) >= 11 is 3.30. The second-order valence-corrected chi connectivity index (χ2v) is 5.23. The Balaban J connectivity index is 2.66. The lowest BCUT2D eigenvalue weighted by Crippen LogP contribution is -2.39. The van der Waals surface area contributed by atoms with Crippen molar-refractivity contribution in [1.29, 1.82) is 0 Å². The van der Waals surface area contributed by atoms with Gasteiger partial charge >= 0.3 is 0 Å². The van der Waals surface area contributed by atoms with Crippen LogP contribution in [0.1, 0.15) is 17.3 Å². The van der Waals surface area contributed by atoms with Crippen molar-refractivity contribution in [3.8, 4) is 0 Å². The van der Waals surface area contributed by atoms with Crippen LogP contribution in [-0.4, -0.2) is 37.5 Å². The van der Waals surface area contributed by atoms with Crippen molar-refractivity contribution < 1.29 is 4.79 Å². The summed E-state index contributed by atoms with van der Waals surface area (Å²) in [5.41, 5.74) is 6.88. The number of nitrogens with two attached hydrogens (primary N) is 1. The Morgan fingerprint density at radius 3 is 2.71 bits per heavy atom. The maximum atomic E-state index is 11.9. The molecule has 17 heavy (non-hydrogen) atoms. The Kier molecular flexibility index (Phi) is 4.96. The molecule has 0 aliphatic heterocycles. The summed E-state index contributed by atoms with van der Waals surface area (Å²) in [4.78, 5) is 13.9.